The number of benzene rings is 1. The van der Waals surface area contributed by atoms with E-state index in [0.717, 1.165) is 12.1 Å². The van der Waals surface area contributed by atoms with E-state index in [4.69, 9.17) is 0 Å². The van der Waals surface area contributed by atoms with E-state index in [1.807, 2.05) is 30.5 Å². The lowest BCUT2D eigenvalue weighted by atomic mass is 10.1. The van der Waals surface area contributed by atoms with Crippen molar-refractivity contribution in [3.63, 3.8) is 0 Å². The van der Waals surface area contributed by atoms with Gasteiger partial charge in [-0.1, -0.05) is 30.3 Å². The lowest BCUT2D eigenvalue weighted by Gasteiger charge is -1.94. The summed E-state index contributed by atoms with van der Waals surface area (Å²) in [5.41, 5.74) is 2.43. The summed E-state index contributed by atoms with van der Waals surface area (Å²) in [6, 6.07) is 10.4. The summed E-state index contributed by atoms with van der Waals surface area (Å²) in [6.07, 6.45) is 8.76. The first-order valence-corrected chi connectivity index (χ1v) is 4.39. The quantitative estimate of drug-likeness (QED) is 0.643. The van der Waals surface area contributed by atoms with Gasteiger partial charge in [-0.05, 0) is 11.6 Å². The van der Waals surface area contributed by atoms with Gasteiger partial charge in [-0.3, -0.25) is 0 Å². The molecule has 1 heteroatoms. The molecule has 2 rings (SSSR count). The Morgan fingerprint density at radius 3 is 2.54 bits per heavy atom. The van der Waals surface area contributed by atoms with E-state index < -0.39 is 0 Å². The van der Waals surface area contributed by atoms with E-state index in [9.17, 15) is 0 Å². The zero-order chi connectivity index (χ0) is 8.93. The number of hydrogen-bond donors (Lipinski definition) is 0. The van der Waals surface area contributed by atoms with Crippen molar-refractivity contribution in [2.45, 2.75) is 6.42 Å². The molecule has 0 saturated heterocycles. The van der Waals surface area contributed by atoms with Crippen LogP contribution in [0.3, 0.4) is 0 Å². The summed E-state index contributed by atoms with van der Waals surface area (Å²) in [5, 5.41) is 0. The largest absolute Gasteiger partial charge is 0.258 e. The molecule has 0 unspecified atom stereocenters. The summed E-state index contributed by atoms with van der Waals surface area (Å²) in [7, 11) is 0. The molecule has 0 N–H and O–H groups in total. The van der Waals surface area contributed by atoms with Crippen molar-refractivity contribution < 1.29 is 0 Å². The molecule has 63 valence electrons. The van der Waals surface area contributed by atoms with Crippen LogP contribution in [0.15, 0.2) is 54.3 Å². The monoisotopic (exact) mass is 169 g/mol. The average molecular weight is 169 g/mol. The minimum atomic E-state index is 0.918. The Bertz CT molecular complexity index is 358. The first kappa shape index (κ1) is 7.99. The van der Waals surface area contributed by atoms with Crippen LogP contribution in [-0.4, -0.2) is 6.21 Å². The Morgan fingerprint density at radius 1 is 1.00 bits per heavy atom. The summed E-state index contributed by atoms with van der Waals surface area (Å²) < 4.78 is 0. The van der Waals surface area contributed by atoms with Gasteiger partial charge in [-0.15, -0.1) is 0 Å². The molecule has 0 aromatic heterocycles. The molecule has 1 nitrogen and oxygen atoms in total. The van der Waals surface area contributed by atoms with Gasteiger partial charge in [0.2, 0.25) is 6.21 Å². The molecule has 0 amide bonds. The third-order valence-corrected chi connectivity index (χ3v) is 1.95. The Kier molecular flexibility index (Phi) is 2.37. The maximum atomic E-state index is 4.27. The third kappa shape index (κ3) is 2.15. The van der Waals surface area contributed by atoms with Gasteiger partial charge in [0.25, 0.3) is 5.70 Å². The number of hydrogen-bond acceptors (Lipinski definition) is 1. The van der Waals surface area contributed by atoms with E-state index in [2.05, 4.69) is 29.3 Å². The second-order valence-electron chi connectivity index (χ2n) is 2.98. The van der Waals surface area contributed by atoms with E-state index in [1.165, 1.54) is 5.56 Å². The highest BCUT2D eigenvalue weighted by Gasteiger charge is 2.08. The minimum Gasteiger partial charge on any atom is -0.0622 e. The molecule has 13 heavy (non-hydrogen) atoms. The highest BCUT2D eigenvalue weighted by atomic mass is 14.7. The van der Waals surface area contributed by atoms with Crippen LogP contribution in [0.4, 0.5) is 0 Å². The fourth-order valence-electron chi connectivity index (χ4n) is 1.31. The number of nitrogens with zero attached hydrogens (tertiary/aromatic N) is 1. The van der Waals surface area contributed by atoms with E-state index in [1.54, 1.807) is 0 Å². The van der Waals surface area contributed by atoms with Crippen molar-refractivity contribution in [2.75, 3.05) is 0 Å². The Morgan fingerprint density at radius 2 is 1.85 bits per heavy atom. The lowest BCUT2D eigenvalue weighted by Crippen LogP contribution is -1.99. The van der Waals surface area contributed by atoms with Gasteiger partial charge in [0.05, 0.1) is 11.4 Å². The number of aliphatic imine (C=N–C) groups is 1. The molecule has 1 heterocycles. The molecule has 1 aromatic carbocycles. The Balaban J connectivity index is 2.11. The van der Waals surface area contributed by atoms with E-state index >= 15 is 0 Å². The van der Waals surface area contributed by atoms with Crippen molar-refractivity contribution in [3.8, 4) is 0 Å². The molecule has 0 aliphatic carbocycles. The normalized spacial score (nSPS) is 14.3. The van der Waals surface area contributed by atoms with E-state index in [-0.39, 0.29) is 0 Å². The molecule has 0 atom stereocenters. The number of rotatable bonds is 2. The van der Waals surface area contributed by atoms with Gasteiger partial charge in [-0.2, -0.15) is 0 Å². The van der Waals surface area contributed by atoms with Crippen LogP contribution in [0.2, 0.25) is 0 Å². The molecule has 0 spiro atoms. The number of allylic oxidation sites excluding steroid dienone is 4. The van der Waals surface area contributed by atoms with Gasteiger partial charge < -0.3 is 0 Å². The lowest BCUT2D eigenvalue weighted by molar-refractivity contribution is 1.05. The zero-order valence-electron chi connectivity index (χ0n) is 7.35. The van der Waals surface area contributed by atoms with Crippen LogP contribution in [-0.2, 0) is 6.42 Å². The van der Waals surface area contributed by atoms with Gasteiger partial charge in [-0.25, -0.2) is 0 Å². The molecule has 0 bridgehead atoms. The summed E-state index contributed by atoms with van der Waals surface area (Å²) in [4.78, 5) is 4.27. The van der Waals surface area contributed by atoms with Crippen molar-refractivity contribution in [1.82, 2.24) is 4.99 Å². The smallest absolute Gasteiger partial charge is 0.0622 e. The predicted octanol–water partition coefficient (Wildman–Crippen LogP) is 2.09. The van der Waals surface area contributed by atoms with Crippen LogP contribution in [0.1, 0.15) is 5.56 Å². The van der Waals surface area contributed by atoms with Gasteiger partial charge >= 0.3 is 0 Å². The fourth-order valence-corrected chi connectivity index (χ4v) is 1.31. The highest BCUT2D eigenvalue weighted by molar-refractivity contribution is 5.72. The second kappa shape index (κ2) is 3.85. The molecule has 1 aromatic rings. The molecular weight excluding hydrogens is 158 g/mol. The first-order chi connectivity index (χ1) is 6.45. The SMILES string of the molecule is C1=CC=C(Cc2ccccc2)[N+]=C1. The van der Waals surface area contributed by atoms with Crippen LogP contribution in [0.25, 0.3) is 0 Å². The maximum Gasteiger partial charge on any atom is 0.258 e. The predicted molar refractivity (Wildman–Crippen MR) is 55.6 cm³/mol. The molecule has 1 aliphatic heterocycles. The van der Waals surface area contributed by atoms with Crippen molar-refractivity contribution in [2.24, 2.45) is 0 Å². The Labute approximate surface area is 78.1 Å². The second-order valence-corrected chi connectivity index (χ2v) is 2.98. The van der Waals surface area contributed by atoms with Crippen molar-refractivity contribution in [3.05, 3.63) is 59.8 Å². The van der Waals surface area contributed by atoms with Crippen LogP contribution in [0.5, 0.6) is 0 Å². The van der Waals surface area contributed by atoms with Crippen molar-refractivity contribution in [1.29, 1.82) is 0 Å². The van der Waals surface area contributed by atoms with Crippen LogP contribution >= 0.6 is 0 Å². The summed E-state index contributed by atoms with van der Waals surface area (Å²) in [5.74, 6) is 0. The minimum absolute atomic E-state index is 0.918. The van der Waals surface area contributed by atoms with Crippen LogP contribution in [0, 0.1) is 0 Å². The van der Waals surface area contributed by atoms with Gasteiger partial charge in [0.15, 0.2) is 0 Å². The standard InChI is InChI=1S/C12H11N/c1-2-6-11(7-3-1)10-12-8-4-5-9-13-12/h1-9H,10H2/q+1. The van der Waals surface area contributed by atoms with Gasteiger partial charge in [0.1, 0.15) is 0 Å². The first-order valence-electron chi connectivity index (χ1n) is 4.39. The van der Waals surface area contributed by atoms with Gasteiger partial charge in [0, 0.05) is 12.2 Å². The molecule has 1 radical (unpaired) electrons. The molecule has 0 saturated carbocycles. The van der Waals surface area contributed by atoms with Crippen LogP contribution < -0.4 is 4.99 Å². The van der Waals surface area contributed by atoms with Crippen molar-refractivity contribution >= 4 is 6.21 Å². The summed E-state index contributed by atoms with van der Waals surface area (Å²) in [6.45, 7) is 0. The third-order valence-electron chi connectivity index (χ3n) is 1.95. The maximum absolute atomic E-state index is 4.27. The Hall–Kier alpha value is -1.63. The summed E-state index contributed by atoms with van der Waals surface area (Å²) >= 11 is 0. The average Bonchev–Trinajstić information content (AvgIpc) is 2.21. The highest BCUT2D eigenvalue weighted by Crippen LogP contribution is 2.06. The molecule has 0 fully saturated rings. The van der Waals surface area contributed by atoms with E-state index in [0.29, 0.717) is 0 Å². The zero-order valence-corrected chi connectivity index (χ0v) is 7.35. The fraction of sp³-hybridized carbons (Fsp3) is 0.0833. The topological polar surface area (TPSA) is 14.1 Å². The molecule has 1 aliphatic rings. The molecular formula is C12H11N+.